The monoisotopic (exact) mass is 345 g/mol. The van der Waals surface area contributed by atoms with Crippen LogP contribution in [0.1, 0.15) is 18.0 Å². The van der Waals surface area contributed by atoms with E-state index in [1.165, 1.54) is 16.8 Å². The van der Waals surface area contributed by atoms with Crippen molar-refractivity contribution >= 4 is 17.2 Å². The van der Waals surface area contributed by atoms with Crippen molar-refractivity contribution in [3.05, 3.63) is 64.2 Å². The summed E-state index contributed by atoms with van der Waals surface area (Å²) in [6.45, 7) is 0.0457. The molecule has 0 saturated carbocycles. The second-order valence-corrected chi connectivity index (χ2v) is 5.86. The van der Waals surface area contributed by atoms with E-state index in [2.05, 4.69) is 10.1 Å². The van der Waals surface area contributed by atoms with Crippen LogP contribution < -0.4 is 4.90 Å². The van der Waals surface area contributed by atoms with Crippen molar-refractivity contribution in [1.29, 1.82) is 0 Å². The topological polar surface area (TPSA) is 76.6 Å². The van der Waals surface area contributed by atoms with Crippen molar-refractivity contribution < 1.29 is 13.7 Å². The molecule has 0 aliphatic carbocycles. The number of benzene rings is 1. The van der Waals surface area contributed by atoms with Crippen LogP contribution in [-0.4, -0.2) is 32.2 Å². The molecule has 0 amide bonds. The molecule has 2 aromatic heterocycles. The van der Waals surface area contributed by atoms with Gasteiger partial charge in [0.2, 0.25) is 5.65 Å². The van der Waals surface area contributed by atoms with E-state index in [-0.39, 0.29) is 24.3 Å². The molecule has 25 heavy (non-hydrogen) atoms. The molecule has 0 unspecified atom stereocenters. The van der Waals surface area contributed by atoms with Crippen molar-refractivity contribution in [1.82, 2.24) is 14.6 Å². The largest absolute Gasteiger partial charge is 0.346 e. The highest BCUT2D eigenvalue weighted by atomic mass is 19.1. The molecule has 9 heteroatoms. The molecule has 0 N–H and O–H groups in total. The van der Waals surface area contributed by atoms with Crippen molar-refractivity contribution in [2.24, 2.45) is 0 Å². The van der Waals surface area contributed by atoms with E-state index < -0.39 is 23.0 Å². The van der Waals surface area contributed by atoms with E-state index in [9.17, 15) is 18.9 Å². The molecule has 0 radical (unpaired) electrons. The van der Waals surface area contributed by atoms with Gasteiger partial charge in [-0.1, -0.05) is 18.2 Å². The van der Waals surface area contributed by atoms with Crippen molar-refractivity contribution in [2.75, 3.05) is 11.4 Å². The molecule has 0 bridgehead atoms. The number of hydrogen-bond acceptors (Lipinski definition) is 5. The lowest BCUT2D eigenvalue weighted by atomic mass is 10.0. The number of fused-ring (bicyclic) bond motifs is 1. The van der Waals surface area contributed by atoms with Gasteiger partial charge in [-0.2, -0.15) is 5.10 Å². The average molecular weight is 345 g/mol. The van der Waals surface area contributed by atoms with Crippen LogP contribution in [0.15, 0.2) is 42.7 Å². The van der Waals surface area contributed by atoms with Gasteiger partial charge in [-0.05, 0) is 12.1 Å². The van der Waals surface area contributed by atoms with Gasteiger partial charge in [0, 0.05) is 18.2 Å². The molecule has 7 nitrogen and oxygen atoms in total. The maximum Gasteiger partial charge on any atom is 0.333 e. The number of anilines is 1. The first-order valence-corrected chi connectivity index (χ1v) is 7.68. The lowest BCUT2D eigenvalue weighted by molar-refractivity contribution is -0.383. The number of nitrogens with zero attached hydrogens (tertiary/aromatic N) is 5. The van der Waals surface area contributed by atoms with Crippen molar-refractivity contribution in [3.8, 4) is 0 Å². The smallest absolute Gasteiger partial charge is 0.333 e. The first kappa shape index (κ1) is 15.4. The Bertz CT molecular complexity index is 961. The third-order valence-corrected chi connectivity index (χ3v) is 4.34. The highest BCUT2D eigenvalue weighted by molar-refractivity contribution is 5.61. The second kappa shape index (κ2) is 5.76. The van der Waals surface area contributed by atoms with E-state index in [0.717, 1.165) is 6.20 Å². The minimum atomic E-state index is -1.14. The van der Waals surface area contributed by atoms with Gasteiger partial charge in [-0.15, -0.1) is 0 Å². The fourth-order valence-corrected chi connectivity index (χ4v) is 3.21. The average Bonchev–Trinajstić information content (AvgIpc) is 3.18. The number of nitro groups is 1. The Balaban J connectivity index is 1.79. The summed E-state index contributed by atoms with van der Waals surface area (Å²) in [4.78, 5) is 16.4. The van der Waals surface area contributed by atoms with Gasteiger partial charge in [-0.3, -0.25) is 10.1 Å². The molecule has 128 valence electrons. The summed E-state index contributed by atoms with van der Waals surface area (Å²) < 4.78 is 29.5. The van der Waals surface area contributed by atoms with E-state index in [1.54, 1.807) is 29.2 Å². The van der Waals surface area contributed by atoms with Crippen LogP contribution in [0.25, 0.3) is 5.65 Å². The Hall–Kier alpha value is -3.10. The van der Waals surface area contributed by atoms with Crippen LogP contribution in [-0.2, 0) is 0 Å². The van der Waals surface area contributed by atoms with Gasteiger partial charge < -0.3 is 4.90 Å². The molecule has 3 aromatic rings. The van der Waals surface area contributed by atoms with Crippen LogP contribution in [0.4, 0.5) is 20.3 Å². The summed E-state index contributed by atoms with van der Waals surface area (Å²) in [5.74, 6) is -0.0625. The van der Waals surface area contributed by atoms with E-state index in [1.807, 2.05) is 0 Å². The van der Waals surface area contributed by atoms with Gasteiger partial charge in [0.05, 0.1) is 17.5 Å². The predicted molar refractivity (Wildman–Crippen MR) is 85.6 cm³/mol. The maximum atomic E-state index is 14.2. The van der Waals surface area contributed by atoms with Crippen LogP contribution in [0, 0.1) is 15.9 Å². The van der Waals surface area contributed by atoms with E-state index in [4.69, 9.17) is 0 Å². The zero-order valence-electron chi connectivity index (χ0n) is 12.9. The molecule has 1 fully saturated rings. The van der Waals surface area contributed by atoms with Gasteiger partial charge in [0.25, 0.3) is 0 Å². The highest BCUT2D eigenvalue weighted by Crippen LogP contribution is 2.38. The quantitative estimate of drug-likeness (QED) is 0.539. The highest BCUT2D eigenvalue weighted by Gasteiger charge is 2.36. The van der Waals surface area contributed by atoms with E-state index in [0.29, 0.717) is 11.4 Å². The fraction of sp³-hybridized carbons (Fsp3) is 0.250. The van der Waals surface area contributed by atoms with Gasteiger partial charge in [0.1, 0.15) is 24.0 Å². The molecular formula is C16H13F2N5O2. The third-order valence-electron chi connectivity index (χ3n) is 4.34. The zero-order chi connectivity index (χ0) is 17.6. The minimum Gasteiger partial charge on any atom is -0.346 e. The molecule has 1 aliphatic rings. The predicted octanol–water partition coefficient (Wildman–Crippen LogP) is 3.07. The fourth-order valence-electron chi connectivity index (χ4n) is 3.21. The second-order valence-electron chi connectivity index (χ2n) is 5.86. The summed E-state index contributed by atoms with van der Waals surface area (Å²) in [5.41, 5.74) is 0.213. The maximum absolute atomic E-state index is 14.2. The first-order valence-electron chi connectivity index (χ1n) is 7.68. The minimum absolute atomic E-state index is 0.0457. The molecule has 0 spiro atoms. The summed E-state index contributed by atoms with van der Waals surface area (Å²) in [6, 6.07) is 7.29. The van der Waals surface area contributed by atoms with Gasteiger partial charge in [0.15, 0.2) is 0 Å². The van der Waals surface area contributed by atoms with Crippen LogP contribution in [0.3, 0.4) is 0 Å². The van der Waals surface area contributed by atoms with Crippen LogP contribution in [0.2, 0.25) is 0 Å². The summed E-state index contributed by atoms with van der Waals surface area (Å²) in [5, 5.41) is 15.0. The Morgan fingerprint density at radius 1 is 1.28 bits per heavy atom. The standard InChI is InChI=1S/C16H13F2N5O2/c17-10-7-13(11-3-1-2-4-12(11)18)21(9-10)15-5-6-22-16(20-15)14(8-19-22)23(24)25/h1-6,8,10,13H,7,9H2/t10-,13+/m0/s1. The Morgan fingerprint density at radius 3 is 2.84 bits per heavy atom. The number of halogens is 2. The number of aromatic nitrogens is 3. The van der Waals surface area contributed by atoms with Crippen LogP contribution >= 0.6 is 0 Å². The Morgan fingerprint density at radius 2 is 2.08 bits per heavy atom. The van der Waals surface area contributed by atoms with Crippen molar-refractivity contribution in [2.45, 2.75) is 18.6 Å². The summed E-state index contributed by atoms with van der Waals surface area (Å²) in [6.07, 6.45) is 1.63. The van der Waals surface area contributed by atoms with Crippen LogP contribution in [0.5, 0.6) is 0 Å². The normalized spacial score (nSPS) is 20.3. The summed E-state index contributed by atoms with van der Waals surface area (Å²) >= 11 is 0. The lowest BCUT2D eigenvalue weighted by Crippen LogP contribution is -2.25. The molecular weight excluding hydrogens is 332 g/mol. The summed E-state index contributed by atoms with van der Waals surface area (Å²) in [7, 11) is 0. The van der Waals surface area contributed by atoms with Gasteiger partial charge >= 0.3 is 5.69 Å². The van der Waals surface area contributed by atoms with Crippen molar-refractivity contribution in [3.63, 3.8) is 0 Å². The molecule has 1 aliphatic heterocycles. The number of alkyl halides is 1. The zero-order valence-corrected chi connectivity index (χ0v) is 12.9. The van der Waals surface area contributed by atoms with E-state index >= 15 is 0 Å². The first-order chi connectivity index (χ1) is 12.0. The molecule has 3 heterocycles. The molecule has 2 atom stereocenters. The molecule has 1 aromatic carbocycles. The third kappa shape index (κ3) is 2.57. The molecule has 4 rings (SSSR count). The van der Waals surface area contributed by atoms with Gasteiger partial charge in [-0.25, -0.2) is 18.3 Å². The SMILES string of the molecule is O=[N+]([O-])c1cnn2ccc(N3C[C@@H](F)C[C@@H]3c3ccccc3F)nc12. The number of hydrogen-bond donors (Lipinski definition) is 0. The molecule has 1 saturated heterocycles. The number of rotatable bonds is 3. The Kier molecular flexibility index (Phi) is 3.56. The Labute approximate surface area is 140 Å². The lowest BCUT2D eigenvalue weighted by Gasteiger charge is -2.25.